The second-order valence-corrected chi connectivity index (χ2v) is 5.78. The van der Waals surface area contributed by atoms with Gasteiger partial charge in [0.25, 0.3) is 0 Å². The normalized spacial score (nSPS) is 27.3. The van der Waals surface area contributed by atoms with Crippen molar-refractivity contribution in [1.82, 2.24) is 10.2 Å². The molecule has 0 spiro atoms. The van der Waals surface area contributed by atoms with Crippen LogP contribution >= 0.6 is 11.6 Å². The summed E-state index contributed by atoms with van der Waals surface area (Å²) in [5.41, 5.74) is 0. The summed E-state index contributed by atoms with van der Waals surface area (Å²) >= 11 is 5.93. The third-order valence-electron chi connectivity index (χ3n) is 3.22. The van der Waals surface area contributed by atoms with Crippen LogP contribution < -0.4 is 5.32 Å². The molecule has 0 amide bonds. The average molecular weight is 245 g/mol. The zero-order valence-electron chi connectivity index (χ0n) is 10.8. The van der Waals surface area contributed by atoms with Gasteiger partial charge in [0.15, 0.2) is 0 Å². The van der Waals surface area contributed by atoms with E-state index in [2.05, 4.69) is 37.6 Å². The summed E-state index contributed by atoms with van der Waals surface area (Å²) in [4.78, 5) is 2.47. The first kappa shape index (κ1) is 14.0. The molecule has 2 atom stereocenters. The minimum absolute atomic E-state index is 0.610. The average Bonchev–Trinajstić information content (AvgIpc) is 2.16. The van der Waals surface area contributed by atoms with Gasteiger partial charge in [-0.3, -0.25) is 4.90 Å². The Balaban J connectivity index is 2.51. The van der Waals surface area contributed by atoms with Crippen LogP contribution in [0.25, 0.3) is 0 Å². The van der Waals surface area contributed by atoms with Crippen molar-refractivity contribution in [2.24, 2.45) is 5.92 Å². The molecule has 1 saturated heterocycles. The number of hydrogen-bond acceptors (Lipinski definition) is 2. The molecule has 0 radical (unpaired) electrons. The Morgan fingerprint density at radius 1 is 1.56 bits per heavy atom. The third kappa shape index (κ3) is 4.44. The first-order valence-electron chi connectivity index (χ1n) is 6.33. The summed E-state index contributed by atoms with van der Waals surface area (Å²) in [6, 6.07) is 1.22. The Hall–Kier alpha value is -0.0500. The number of nitrogens with one attached hydrogen (secondary N) is 1. The van der Waals surface area contributed by atoms with Crippen LogP contribution in [0.3, 0.4) is 0 Å². The van der Waals surface area contributed by atoms with Crippen molar-refractivity contribution in [1.29, 1.82) is 0 Å². The number of nitrogens with zero attached hydrogens (tertiary/aromatic N) is 1. The predicted octanol–water partition coefficient (Wildman–Crippen LogP) is 2.84. The van der Waals surface area contributed by atoms with Gasteiger partial charge in [-0.15, -0.1) is 0 Å². The van der Waals surface area contributed by atoms with Crippen LogP contribution in [0.4, 0.5) is 0 Å². The number of rotatable bonds is 5. The summed E-state index contributed by atoms with van der Waals surface area (Å²) < 4.78 is 0. The van der Waals surface area contributed by atoms with E-state index in [1.807, 2.05) is 0 Å². The zero-order valence-corrected chi connectivity index (χ0v) is 11.6. The Kier molecular flexibility index (Phi) is 5.81. The van der Waals surface area contributed by atoms with Gasteiger partial charge in [-0.25, -0.2) is 0 Å². The molecule has 1 heterocycles. The van der Waals surface area contributed by atoms with Crippen molar-refractivity contribution in [2.75, 3.05) is 19.6 Å². The molecule has 1 aliphatic rings. The Morgan fingerprint density at radius 2 is 2.25 bits per heavy atom. The van der Waals surface area contributed by atoms with E-state index in [4.69, 9.17) is 11.6 Å². The highest BCUT2D eigenvalue weighted by molar-refractivity contribution is 6.29. The van der Waals surface area contributed by atoms with Crippen LogP contribution in [0, 0.1) is 5.92 Å². The molecule has 3 heteroatoms. The second kappa shape index (κ2) is 6.63. The van der Waals surface area contributed by atoms with Gasteiger partial charge in [-0.1, -0.05) is 39.0 Å². The van der Waals surface area contributed by atoms with Crippen LogP contribution in [0.2, 0.25) is 0 Å². The van der Waals surface area contributed by atoms with Gasteiger partial charge in [-0.2, -0.15) is 0 Å². The smallest absolute Gasteiger partial charge is 0.0339 e. The molecule has 2 nitrogen and oxygen atoms in total. The fourth-order valence-electron chi connectivity index (χ4n) is 2.47. The molecule has 2 unspecified atom stereocenters. The molecule has 1 rings (SSSR count). The minimum atomic E-state index is 0.610. The third-order valence-corrected chi connectivity index (χ3v) is 3.33. The largest absolute Gasteiger partial charge is 0.311 e. The lowest BCUT2D eigenvalue weighted by Gasteiger charge is -2.40. The highest BCUT2D eigenvalue weighted by Crippen LogP contribution is 2.17. The van der Waals surface area contributed by atoms with Crippen molar-refractivity contribution < 1.29 is 0 Å². The number of hydrogen-bond donors (Lipinski definition) is 1. The van der Waals surface area contributed by atoms with Crippen molar-refractivity contribution >= 4 is 11.6 Å². The van der Waals surface area contributed by atoms with Gasteiger partial charge in [0, 0.05) is 36.8 Å². The van der Waals surface area contributed by atoms with E-state index in [1.165, 1.54) is 12.8 Å². The summed E-state index contributed by atoms with van der Waals surface area (Å²) in [6.07, 6.45) is 2.41. The minimum Gasteiger partial charge on any atom is -0.311 e. The molecule has 0 saturated carbocycles. The molecule has 94 valence electrons. The van der Waals surface area contributed by atoms with E-state index in [9.17, 15) is 0 Å². The van der Waals surface area contributed by atoms with Gasteiger partial charge in [-0.05, 0) is 18.8 Å². The SMILES string of the molecule is C=C(Cl)CN1CC(CC(C)C)NCC1CC. The van der Waals surface area contributed by atoms with Gasteiger partial charge in [0.1, 0.15) is 0 Å². The van der Waals surface area contributed by atoms with E-state index >= 15 is 0 Å². The molecule has 0 aromatic rings. The molecule has 0 bridgehead atoms. The summed E-state index contributed by atoms with van der Waals surface area (Å²) in [5, 5.41) is 4.39. The molecular formula is C13H25ClN2. The maximum atomic E-state index is 5.93. The molecule has 1 N–H and O–H groups in total. The second-order valence-electron chi connectivity index (χ2n) is 5.24. The number of piperazine rings is 1. The highest BCUT2D eigenvalue weighted by atomic mass is 35.5. The molecule has 1 fully saturated rings. The zero-order chi connectivity index (χ0) is 12.1. The van der Waals surface area contributed by atoms with E-state index in [1.54, 1.807) is 0 Å². The molecular weight excluding hydrogens is 220 g/mol. The maximum absolute atomic E-state index is 5.93. The maximum Gasteiger partial charge on any atom is 0.0339 e. The topological polar surface area (TPSA) is 15.3 Å². The number of halogens is 1. The lowest BCUT2D eigenvalue weighted by Crippen LogP contribution is -2.56. The van der Waals surface area contributed by atoms with Gasteiger partial charge in [0.05, 0.1) is 0 Å². The highest BCUT2D eigenvalue weighted by Gasteiger charge is 2.26. The lowest BCUT2D eigenvalue weighted by molar-refractivity contribution is 0.131. The van der Waals surface area contributed by atoms with E-state index in [0.717, 1.165) is 30.6 Å². The fourth-order valence-corrected chi connectivity index (χ4v) is 2.63. The first-order chi connectivity index (χ1) is 7.52. The fraction of sp³-hybridized carbons (Fsp3) is 0.846. The predicted molar refractivity (Wildman–Crippen MR) is 71.9 cm³/mol. The van der Waals surface area contributed by atoms with E-state index < -0.39 is 0 Å². The van der Waals surface area contributed by atoms with Crippen LogP contribution in [-0.4, -0.2) is 36.6 Å². The van der Waals surface area contributed by atoms with Crippen molar-refractivity contribution in [3.63, 3.8) is 0 Å². The van der Waals surface area contributed by atoms with Crippen LogP contribution in [0.1, 0.15) is 33.6 Å². The van der Waals surface area contributed by atoms with Crippen molar-refractivity contribution in [3.8, 4) is 0 Å². The molecule has 0 aromatic carbocycles. The van der Waals surface area contributed by atoms with Crippen LogP contribution in [-0.2, 0) is 0 Å². The summed E-state index contributed by atoms with van der Waals surface area (Å²) in [7, 11) is 0. The van der Waals surface area contributed by atoms with Gasteiger partial charge >= 0.3 is 0 Å². The molecule has 0 aromatic heterocycles. The monoisotopic (exact) mass is 244 g/mol. The Labute approximate surface area is 105 Å². The Morgan fingerprint density at radius 3 is 2.75 bits per heavy atom. The molecule has 0 aliphatic carbocycles. The standard InChI is InChI=1S/C13H25ClN2/c1-5-13-7-15-12(6-10(2)3)9-16(13)8-11(4)14/h10,12-13,15H,4-9H2,1-3H3. The van der Waals surface area contributed by atoms with Gasteiger partial charge < -0.3 is 5.32 Å². The van der Waals surface area contributed by atoms with Crippen molar-refractivity contribution in [3.05, 3.63) is 11.6 Å². The summed E-state index contributed by atoms with van der Waals surface area (Å²) in [6.45, 7) is 13.6. The van der Waals surface area contributed by atoms with Crippen LogP contribution in [0.15, 0.2) is 11.6 Å². The van der Waals surface area contributed by atoms with Crippen LogP contribution in [0.5, 0.6) is 0 Å². The van der Waals surface area contributed by atoms with E-state index in [-0.39, 0.29) is 0 Å². The lowest BCUT2D eigenvalue weighted by atomic mass is 9.99. The molecule has 1 aliphatic heterocycles. The first-order valence-corrected chi connectivity index (χ1v) is 6.71. The van der Waals surface area contributed by atoms with Crippen molar-refractivity contribution in [2.45, 2.75) is 45.7 Å². The van der Waals surface area contributed by atoms with E-state index in [0.29, 0.717) is 12.1 Å². The Bertz CT molecular complexity index is 228. The summed E-state index contributed by atoms with van der Waals surface area (Å²) in [5.74, 6) is 0.747. The van der Waals surface area contributed by atoms with Gasteiger partial charge in [0.2, 0.25) is 0 Å². The molecule has 16 heavy (non-hydrogen) atoms. The quantitative estimate of drug-likeness (QED) is 0.800.